The van der Waals surface area contributed by atoms with Gasteiger partial charge in [-0.3, -0.25) is 14.7 Å². The SMILES string of the molecule is O=C(C=Cc1ccccc1)Nc1c[nH]nc1C(=O)NCc1ccco1. The van der Waals surface area contributed by atoms with Crippen LogP contribution in [0.25, 0.3) is 6.08 Å². The van der Waals surface area contributed by atoms with Gasteiger partial charge < -0.3 is 15.1 Å². The molecule has 7 nitrogen and oxygen atoms in total. The Morgan fingerprint density at radius 2 is 2.00 bits per heavy atom. The topological polar surface area (TPSA) is 100 Å². The number of H-pyrrole nitrogens is 1. The highest BCUT2D eigenvalue weighted by molar-refractivity contribution is 6.06. The van der Waals surface area contributed by atoms with Crippen LogP contribution >= 0.6 is 0 Å². The van der Waals surface area contributed by atoms with Crippen LogP contribution in [0.3, 0.4) is 0 Å². The van der Waals surface area contributed by atoms with E-state index in [1.807, 2.05) is 30.3 Å². The van der Waals surface area contributed by atoms with E-state index in [0.29, 0.717) is 11.4 Å². The number of aromatic amines is 1. The highest BCUT2D eigenvalue weighted by Gasteiger charge is 2.16. The fourth-order valence-corrected chi connectivity index (χ4v) is 2.13. The maximum Gasteiger partial charge on any atom is 0.274 e. The molecule has 2 heterocycles. The van der Waals surface area contributed by atoms with Crippen molar-refractivity contribution in [2.75, 3.05) is 5.32 Å². The molecule has 3 aromatic rings. The molecule has 0 fully saturated rings. The van der Waals surface area contributed by atoms with Crippen molar-refractivity contribution in [3.63, 3.8) is 0 Å². The Balaban J connectivity index is 1.60. The minimum atomic E-state index is -0.417. The number of furan rings is 1. The van der Waals surface area contributed by atoms with Gasteiger partial charge in [-0.05, 0) is 23.8 Å². The molecular weight excluding hydrogens is 320 g/mol. The van der Waals surface area contributed by atoms with Crippen LogP contribution in [0.15, 0.2) is 65.4 Å². The van der Waals surface area contributed by atoms with Gasteiger partial charge in [-0.2, -0.15) is 5.10 Å². The Morgan fingerprint density at radius 1 is 1.16 bits per heavy atom. The van der Waals surface area contributed by atoms with Gasteiger partial charge in [0.25, 0.3) is 5.91 Å². The smallest absolute Gasteiger partial charge is 0.274 e. The van der Waals surface area contributed by atoms with E-state index in [1.165, 1.54) is 18.5 Å². The number of benzene rings is 1. The van der Waals surface area contributed by atoms with E-state index in [1.54, 1.807) is 18.2 Å². The molecule has 3 rings (SSSR count). The molecule has 3 N–H and O–H groups in total. The van der Waals surface area contributed by atoms with Crippen LogP contribution in [0.1, 0.15) is 21.8 Å². The summed E-state index contributed by atoms with van der Waals surface area (Å²) in [6, 6.07) is 12.9. The van der Waals surface area contributed by atoms with Gasteiger partial charge in [0.2, 0.25) is 5.91 Å². The first-order chi connectivity index (χ1) is 12.2. The summed E-state index contributed by atoms with van der Waals surface area (Å²) in [4.78, 5) is 24.2. The first kappa shape index (κ1) is 16.3. The van der Waals surface area contributed by atoms with Crippen molar-refractivity contribution >= 4 is 23.6 Å². The van der Waals surface area contributed by atoms with E-state index in [4.69, 9.17) is 4.42 Å². The lowest BCUT2D eigenvalue weighted by Crippen LogP contribution is -2.24. The Labute approximate surface area is 143 Å². The van der Waals surface area contributed by atoms with Crippen LogP contribution in [0.5, 0.6) is 0 Å². The van der Waals surface area contributed by atoms with Gasteiger partial charge in [-0.15, -0.1) is 0 Å². The van der Waals surface area contributed by atoms with E-state index < -0.39 is 5.91 Å². The molecule has 7 heteroatoms. The minimum absolute atomic E-state index is 0.105. The Morgan fingerprint density at radius 3 is 2.76 bits per heavy atom. The summed E-state index contributed by atoms with van der Waals surface area (Å²) >= 11 is 0. The van der Waals surface area contributed by atoms with Crippen molar-refractivity contribution in [1.82, 2.24) is 15.5 Å². The number of nitrogens with one attached hydrogen (secondary N) is 3. The highest BCUT2D eigenvalue weighted by Crippen LogP contribution is 2.12. The van der Waals surface area contributed by atoms with Crippen molar-refractivity contribution < 1.29 is 14.0 Å². The van der Waals surface area contributed by atoms with E-state index in [0.717, 1.165) is 5.56 Å². The van der Waals surface area contributed by atoms with E-state index in [-0.39, 0.29) is 18.1 Å². The number of carbonyl (C=O) groups excluding carboxylic acids is 2. The quantitative estimate of drug-likeness (QED) is 0.602. The number of anilines is 1. The number of aromatic nitrogens is 2. The van der Waals surface area contributed by atoms with Gasteiger partial charge in [-0.25, -0.2) is 0 Å². The molecule has 0 aliphatic rings. The molecule has 2 aromatic heterocycles. The standard InChI is InChI=1S/C18H16N4O3/c23-16(9-8-13-5-2-1-3-6-13)21-15-12-20-22-17(15)18(24)19-11-14-7-4-10-25-14/h1-10,12H,11H2,(H,19,24)(H,20,22)(H,21,23). The third kappa shape index (κ3) is 4.44. The van der Waals surface area contributed by atoms with Crippen LogP contribution in [0, 0.1) is 0 Å². The fourth-order valence-electron chi connectivity index (χ4n) is 2.13. The normalized spacial score (nSPS) is 10.7. The van der Waals surface area contributed by atoms with Gasteiger partial charge >= 0.3 is 0 Å². The number of hydrogen-bond donors (Lipinski definition) is 3. The molecule has 1 aromatic carbocycles. The molecule has 126 valence electrons. The van der Waals surface area contributed by atoms with Crippen LogP contribution < -0.4 is 10.6 Å². The number of hydrogen-bond acceptors (Lipinski definition) is 4. The monoisotopic (exact) mass is 336 g/mol. The first-order valence-electron chi connectivity index (χ1n) is 7.61. The number of carbonyl (C=O) groups is 2. The Hall–Kier alpha value is -3.61. The number of nitrogens with zero attached hydrogens (tertiary/aromatic N) is 1. The fraction of sp³-hybridized carbons (Fsp3) is 0.0556. The lowest BCUT2D eigenvalue weighted by Gasteiger charge is -2.04. The van der Waals surface area contributed by atoms with Crippen molar-refractivity contribution in [2.45, 2.75) is 6.54 Å². The summed E-state index contributed by atoms with van der Waals surface area (Å²) in [7, 11) is 0. The molecule has 0 saturated carbocycles. The van der Waals surface area contributed by atoms with E-state index in [9.17, 15) is 9.59 Å². The van der Waals surface area contributed by atoms with Gasteiger partial charge in [0.15, 0.2) is 5.69 Å². The predicted octanol–water partition coefficient (Wildman–Crippen LogP) is 2.58. The minimum Gasteiger partial charge on any atom is -0.467 e. The summed E-state index contributed by atoms with van der Waals surface area (Å²) in [5, 5.41) is 11.8. The van der Waals surface area contributed by atoms with E-state index >= 15 is 0 Å². The molecule has 2 amide bonds. The van der Waals surface area contributed by atoms with Gasteiger partial charge in [0.05, 0.1) is 18.5 Å². The zero-order valence-corrected chi connectivity index (χ0v) is 13.2. The van der Waals surface area contributed by atoms with Crippen molar-refractivity contribution in [1.29, 1.82) is 0 Å². The summed E-state index contributed by atoms with van der Waals surface area (Å²) in [5.74, 6) is -0.148. The largest absolute Gasteiger partial charge is 0.467 e. The lowest BCUT2D eigenvalue weighted by molar-refractivity contribution is -0.111. The van der Waals surface area contributed by atoms with Crippen molar-refractivity contribution in [3.05, 3.63) is 78.0 Å². The molecule has 0 atom stereocenters. The molecule has 0 bridgehead atoms. The highest BCUT2D eigenvalue weighted by atomic mass is 16.3. The molecule has 0 spiro atoms. The van der Waals surface area contributed by atoms with Crippen LogP contribution in [0.2, 0.25) is 0 Å². The zero-order chi connectivity index (χ0) is 17.5. The third-order valence-corrected chi connectivity index (χ3v) is 3.34. The van der Waals surface area contributed by atoms with Gasteiger partial charge in [0, 0.05) is 12.3 Å². The van der Waals surface area contributed by atoms with Gasteiger partial charge in [0.1, 0.15) is 5.76 Å². The van der Waals surface area contributed by atoms with Crippen LogP contribution in [-0.2, 0) is 11.3 Å². The summed E-state index contributed by atoms with van der Waals surface area (Å²) in [6.07, 6.45) is 6.07. The number of rotatable bonds is 6. The summed E-state index contributed by atoms with van der Waals surface area (Å²) in [5.41, 5.74) is 1.31. The number of amides is 2. The van der Waals surface area contributed by atoms with Crippen LogP contribution in [-0.4, -0.2) is 22.0 Å². The van der Waals surface area contributed by atoms with Crippen LogP contribution in [0.4, 0.5) is 5.69 Å². The molecule has 0 aliphatic heterocycles. The van der Waals surface area contributed by atoms with Crippen molar-refractivity contribution in [3.8, 4) is 0 Å². The molecule has 0 aliphatic carbocycles. The zero-order valence-electron chi connectivity index (χ0n) is 13.2. The first-order valence-corrected chi connectivity index (χ1v) is 7.61. The van der Waals surface area contributed by atoms with Crippen molar-refractivity contribution in [2.24, 2.45) is 0 Å². The third-order valence-electron chi connectivity index (χ3n) is 3.34. The lowest BCUT2D eigenvalue weighted by atomic mass is 10.2. The van der Waals surface area contributed by atoms with E-state index in [2.05, 4.69) is 20.8 Å². The molecule has 0 saturated heterocycles. The predicted molar refractivity (Wildman–Crippen MR) is 92.6 cm³/mol. The summed E-state index contributed by atoms with van der Waals surface area (Å²) in [6.45, 7) is 0.236. The Kier molecular flexibility index (Phi) is 5.06. The van der Waals surface area contributed by atoms with Gasteiger partial charge in [-0.1, -0.05) is 30.3 Å². The molecule has 0 unspecified atom stereocenters. The Bertz CT molecular complexity index is 867. The second-order valence-electron chi connectivity index (χ2n) is 5.14. The molecule has 25 heavy (non-hydrogen) atoms. The summed E-state index contributed by atoms with van der Waals surface area (Å²) < 4.78 is 5.15. The average Bonchev–Trinajstić information content (AvgIpc) is 3.30. The molecule has 0 radical (unpaired) electrons. The maximum atomic E-state index is 12.2. The second kappa shape index (κ2) is 7.78. The second-order valence-corrected chi connectivity index (χ2v) is 5.14. The average molecular weight is 336 g/mol. The molecular formula is C18H16N4O3. The maximum absolute atomic E-state index is 12.2.